The largest absolute Gasteiger partial charge is 0.496 e. The number of nitrogens with zero attached hydrogens (tertiary/aromatic N) is 1. The number of ether oxygens (including phenoxy) is 1. The number of hydrogen-bond donors (Lipinski definition) is 1. The van der Waals surface area contributed by atoms with Crippen molar-refractivity contribution in [1.82, 2.24) is 9.79 Å². The fourth-order valence-electron chi connectivity index (χ4n) is 7.17. The number of amides is 1. The van der Waals surface area contributed by atoms with Crippen LogP contribution in [0, 0.1) is 16.7 Å². The smallest absolute Gasteiger partial charge is 0.256 e. The molecule has 1 N–H and O–H groups in total. The van der Waals surface area contributed by atoms with Crippen molar-refractivity contribution in [2.24, 2.45) is 16.7 Å². The lowest BCUT2D eigenvalue weighted by Gasteiger charge is -2.38. The van der Waals surface area contributed by atoms with Crippen molar-refractivity contribution in [2.75, 3.05) is 12.9 Å². The third kappa shape index (κ3) is 4.10. The van der Waals surface area contributed by atoms with E-state index in [-0.39, 0.29) is 23.8 Å². The fraction of sp³-hybridized carbons (Fsp3) is 0.483. The number of hydroxylamine groups is 1. The predicted molar refractivity (Wildman–Crippen MR) is 142 cm³/mol. The zero-order chi connectivity index (χ0) is 26.4. The van der Waals surface area contributed by atoms with Crippen LogP contribution >= 0.6 is 0 Å². The molecule has 5 rings (SSSR count). The van der Waals surface area contributed by atoms with E-state index in [2.05, 4.69) is 25.9 Å². The molecule has 2 saturated carbocycles. The molecule has 2 aromatic carbocycles. The molecule has 3 aliphatic rings. The summed E-state index contributed by atoms with van der Waals surface area (Å²) in [5.74, 6) is -0.0672. The monoisotopic (exact) mass is 524 g/mol. The number of methoxy groups -OCH3 is 1. The first-order valence-electron chi connectivity index (χ1n) is 12.9. The van der Waals surface area contributed by atoms with Gasteiger partial charge in [0.1, 0.15) is 11.8 Å². The maximum Gasteiger partial charge on any atom is 0.256 e. The van der Waals surface area contributed by atoms with E-state index >= 15 is 0 Å². The van der Waals surface area contributed by atoms with Gasteiger partial charge in [0.2, 0.25) is 10.0 Å². The highest BCUT2D eigenvalue weighted by molar-refractivity contribution is 7.90. The minimum absolute atomic E-state index is 0.0188. The number of rotatable bonds is 9. The Balaban J connectivity index is 1.50. The van der Waals surface area contributed by atoms with Gasteiger partial charge in [-0.25, -0.2) is 12.7 Å². The maximum atomic E-state index is 14.3. The number of benzene rings is 2. The molecule has 1 aliphatic heterocycles. The molecule has 2 aromatic rings. The zero-order valence-electron chi connectivity index (χ0n) is 21.7. The van der Waals surface area contributed by atoms with Crippen LogP contribution in [-0.4, -0.2) is 43.6 Å². The van der Waals surface area contributed by atoms with Crippen molar-refractivity contribution >= 4 is 15.9 Å². The van der Waals surface area contributed by atoms with Crippen molar-refractivity contribution in [3.63, 3.8) is 0 Å². The van der Waals surface area contributed by atoms with E-state index < -0.39 is 33.3 Å². The number of sulfonamides is 1. The molecule has 1 spiro atoms. The van der Waals surface area contributed by atoms with Gasteiger partial charge >= 0.3 is 0 Å². The van der Waals surface area contributed by atoms with Crippen LogP contribution in [0.1, 0.15) is 50.2 Å². The summed E-state index contributed by atoms with van der Waals surface area (Å²) < 4.78 is 34.1. The second kappa shape index (κ2) is 9.57. The van der Waals surface area contributed by atoms with Crippen LogP contribution in [0.15, 0.2) is 67.3 Å². The predicted octanol–water partition coefficient (Wildman–Crippen LogP) is 4.42. The van der Waals surface area contributed by atoms with Crippen LogP contribution in [0.3, 0.4) is 0 Å². The summed E-state index contributed by atoms with van der Waals surface area (Å²) in [4.78, 5) is 20.2. The van der Waals surface area contributed by atoms with Gasteiger partial charge in [0, 0.05) is 16.9 Å². The van der Waals surface area contributed by atoms with Crippen LogP contribution in [0.2, 0.25) is 0 Å². The number of hydrogen-bond acceptors (Lipinski definition) is 6. The Bertz CT molecular complexity index is 1280. The molecule has 37 heavy (non-hydrogen) atoms. The molecule has 3 fully saturated rings. The van der Waals surface area contributed by atoms with E-state index in [1.165, 1.54) is 4.31 Å². The van der Waals surface area contributed by atoms with Gasteiger partial charge in [0.05, 0.1) is 25.5 Å². The Kier molecular flexibility index (Phi) is 6.71. The highest BCUT2D eigenvalue weighted by Gasteiger charge is 2.72. The molecule has 0 radical (unpaired) electrons. The molecule has 0 unspecified atom stereocenters. The van der Waals surface area contributed by atoms with Gasteiger partial charge < -0.3 is 4.74 Å². The number of para-hydroxylation sites is 1. The lowest BCUT2D eigenvalue weighted by molar-refractivity contribution is -0.136. The molecule has 7 nitrogen and oxygen atoms in total. The Hall–Kier alpha value is -2.68. The van der Waals surface area contributed by atoms with Gasteiger partial charge in [0.25, 0.3) is 5.91 Å². The summed E-state index contributed by atoms with van der Waals surface area (Å²) in [5, 5.41) is 0. The Morgan fingerprint density at radius 1 is 1.19 bits per heavy atom. The Morgan fingerprint density at radius 2 is 1.89 bits per heavy atom. The summed E-state index contributed by atoms with van der Waals surface area (Å²) >= 11 is 0. The van der Waals surface area contributed by atoms with Crippen molar-refractivity contribution in [3.8, 4) is 5.75 Å². The van der Waals surface area contributed by atoms with Crippen LogP contribution < -0.4 is 10.2 Å². The van der Waals surface area contributed by atoms with Crippen molar-refractivity contribution in [1.29, 1.82) is 0 Å². The first-order valence-corrected chi connectivity index (χ1v) is 14.5. The van der Waals surface area contributed by atoms with Crippen molar-refractivity contribution < 1.29 is 22.8 Å². The third-order valence-corrected chi connectivity index (χ3v) is 11.2. The van der Waals surface area contributed by atoms with Gasteiger partial charge in [-0.1, -0.05) is 68.5 Å². The summed E-state index contributed by atoms with van der Waals surface area (Å²) in [6.45, 7) is 8.57. The number of carbonyl (C=O) groups is 1. The van der Waals surface area contributed by atoms with Gasteiger partial charge in [-0.05, 0) is 42.2 Å². The Morgan fingerprint density at radius 3 is 2.57 bits per heavy atom. The summed E-state index contributed by atoms with van der Waals surface area (Å²) in [6, 6.07) is 15.7. The minimum Gasteiger partial charge on any atom is -0.496 e. The second-order valence-electron chi connectivity index (χ2n) is 11.1. The highest BCUT2D eigenvalue weighted by atomic mass is 32.2. The van der Waals surface area contributed by atoms with Gasteiger partial charge in [0.15, 0.2) is 0 Å². The van der Waals surface area contributed by atoms with Crippen LogP contribution in [-0.2, 0) is 26.3 Å². The quantitative estimate of drug-likeness (QED) is 0.386. The summed E-state index contributed by atoms with van der Waals surface area (Å²) in [5.41, 5.74) is 4.06. The second-order valence-corrected chi connectivity index (χ2v) is 13.0. The van der Waals surface area contributed by atoms with E-state index in [1.54, 1.807) is 13.2 Å². The average molecular weight is 525 g/mol. The lowest BCUT2D eigenvalue weighted by Crippen LogP contribution is -2.53. The van der Waals surface area contributed by atoms with E-state index in [9.17, 15) is 13.2 Å². The molecule has 198 valence electrons. The van der Waals surface area contributed by atoms with Crippen molar-refractivity contribution in [3.05, 3.63) is 78.4 Å². The van der Waals surface area contributed by atoms with E-state index in [0.29, 0.717) is 18.1 Å². The highest BCUT2D eigenvalue weighted by Crippen LogP contribution is 2.70. The molecule has 8 heteroatoms. The van der Waals surface area contributed by atoms with E-state index in [1.807, 2.05) is 54.6 Å². The molecule has 5 atom stereocenters. The zero-order valence-corrected chi connectivity index (χ0v) is 22.5. The average Bonchev–Trinajstić information content (AvgIpc) is 3.37. The molecule has 0 aromatic heterocycles. The van der Waals surface area contributed by atoms with E-state index in [4.69, 9.17) is 9.57 Å². The SMILES string of the molecule is C=C[C@@H](c1ccccc1OC)[C@H](NOCc1ccccc1)C(=O)N1[C@@H]2C[C@H]3CC[C@]2(CS1(=O)=O)C3(C)C. The van der Waals surface area contributed by atoms with Gasteiger partial charge in [-0.2, -0.15) is 5.48 Å². The maximum absolute atomic E-state index is 14.3. The number of nitrogens with one attached hydrogen (secondary N) is 1. The fourth-order valence-corrected chi connectivity index (χ4v) is 9.73. The summed E-state index contributed by atoms with van der Waals surface area (Å²) in [6.07, 6.45) is 4.21. The molecular weight excluding hydrogens is 488 g/mol. The van der Waals surface area contributed by atoms with Gasteiger partial charge in [-0.15, -0.1) is 6.58 Å². The van der Waals surface area contributed by atoms with Crippen molar-refractivity contribution in [2.45, 2.75) is 57.7 Å². The van der Waals surface area contributed by atoms with E-state index in [0.717, 1.165) is 24.0 Å². The minimum atomic E-state index is -3.80. The number of carbonyl (C=O) groups excluding carboxylic acids is 1. The van der Waals surface area contributed by atoms with Gasteiger partial charge in [-0.3, -0.25) is 9.63 Å². The topological polar surface area (TPSA) is 84.9 Å². The molecule has 2 aliphatic carbocycles. The first-order chi connectivity index (χ1) is 17.7. The van der Waals surface area contributed by atoms with Crippen LogP contribution in [0.25, 0.3) is 0 Å². The Labute approximate surface area is 219 Å². The number of fused-ring (bicyclic) bond motifs is 1. The summed E-state index contributed by atoms with van der Waals surface area (Å²) in [7, 11) is -2.23. The molecule has 2 bridgehead atoms. The normalized spacial score (nSPS) is 28.5. The standard InChI is InChI=1S/C29H36N2O5S/c1-5-22(23-13-9-10-14-24(23)35-4)26(30-36-18-20-11-7-6-8-12-20)27(32)31-25-17-21-15-16-29(25,28(21,2)3)19-37(31,33)34/h5-14,21-22,25-26,30H,1,15-19H2,2-4H3/t21-,22+,25-,26+,29-/m1/s1. The third-order valence-electron chi connectivity index (χ3n) is 9.30. The molecule has 1 heterocycles. The first kappa shape index (κ1) is 25.9. The van der Waals surface area contributed by atoms with Crippen LogP contribution in [0.4, 0.5) is 0 Å². The molecular formula is C29H36N2O5S. The molecule has 1 saturated heterocycles. The lowest BCUT2D eigenvalue weighted by atomic mass is 9.69. The molecule has 1 amide bonds. The van der Waals surface area contributed by atoms with Crippen LogP contribution in [0.5, 0.6) is 5.75 Å².